The van der Waals surface area contributed by atoms with E-state index in [9.17, 15) is 0 Å². The van der Waals surface area contributed by atoms with Crippen LogP contribution in [0.25, 0.3) is 11.1 Å². The van der Waals surface area contributed by atoms with Crippen LogP contribution in [0.4, 0.5) is 5.82 Å². The van der Waals surface area contributed by atoms with Gasteiger partial charge in [0.05, 0.1) is 5.69 Å². The highest BCUT2D eigenvalue weighted by Crippen LogP contribution is 2.44. The minimum Gasteiger partial charge on any atom is -0.382 e. The van der Waals surface area contributed by atoms with Crippen molar-refractivity contribution >= 4 is 5.82 Å². The SMILES string of the molecule is Cc1ccccc1-c1c(N)n[nH]c1C1Cc2ccccc21. The van der Waals surface area contributed by atoms with Gasteiger partial charge in [0.15, 0.2) is 5.82 Å². The minimum absolute atomic E-state index is 0.376. The first-order valence-electron chi connectivity index (χ1n) is 7.23. The van der Waals surface area contributed by atoms with Crippen LogP contribution in [0.15, 0.2) is 48.5 Å². The molecule has 0 saturated carbocycles. The maximum Gasteiger partial charge on any atom is 0.153 e. The Bertz CT molecular complexity index is 817. The second kappa shape index (κ2) is 4.48. The Balaban J connectivity index is 1.85. The number of anilines is 1. The Labute approximate surface area is 123 Å². The van der Waals surface area contributed by atoms with Crippen molar-refractivity contribution in [2.24, 2.45) is 0 Å². The van der Waals surface area contributed by atoms with Crippen LogP contribution >= 0.6 is 0 Å². The van der Waals surface area contributed by atoms with E-state index in [1.165, 1.54) is 22.3 Å². The Morgan fingerprint density at radius 2 is 1.86 bits per heavy atom. The van der Waals surface area contributed by atoms with Gasteiger partial charge in [0.1, 0.15) is 0 Å². The summed E-state index contributed by atoms with van der Waals surface area (Å²) in [6.45, 7) is 2.11. The Hall–Kier alpha value is -2.55. The number of nitrogens with two attached hydrogens (primary N) is 1. The number of nitrogens with one attached hydrogen (secondary N) is 1. The number of aromatic nitrogens is 2. The molecule has 2 aromatic carbocycles. The summed E-state index contributed by atoms with van der Waals surface area (Å²) < 4.78 is 0. The van der Waals surface area contributed by atoms with Gasteiger partial charge in [-0.15, -0.1) is 0 Å². The topological polar surface area (TPSA) is 54.7 Å². The lowest BCUT2D eigenvalue weighted by Gasteiger charge is -2.30. The van der Waals surface area contributed by atoms with Gasteiger partial charge in [-0.25, -0.2) is 0 Å². The van der Waals surface area contributed by atoms with Crippen molar-refractivity contribution in [2.45, 2.75) is 19.3 Å². The van der Waals surface area contributed by atoms with E-state index >= 15 is 0 Å². The highest BCUT2D eigenvalue weighted by molar-refractivity contribution is 5.80. The van der Waals surface area contributed by atoms with Crippen LogP contribution in [0.3, 0.4) is 0 Å². The van der Waals surface area contributed by atoms with E-state index in [4.69, 9.17) is 5.73 Å². The van der Waals surface area contributed by atoms with E-state index in [0.29, 0.717) is 11.7 Å². The molecule has 1 heterocycles. The standard InChI is InChI=1S/C18H17N3/c1-11-6-2-4-8-13(11)16-17(20-21-18(16)19)15-10-12-7-3-5-9-14(12)15/h2-9,15H,10H2,1H3,(H3,19,20,21). The molecular formula is C18H17N3. The zero-order chi connectivity index (χ0) is 14.4. The van der Waals surface area contributed by atoms with Crippen molar-refractivity contribution in [3.8, 4) is 11.1 Å². The van der Waals surface area contributed by atoms with E-state index < -0.39 is 0 Å². The number of nitrogen functional groups attached to an aromatic ring is 1. The molecule has 1 atom stereocenters. The molecule has 0 radical (unpaired) electrons. The van der Waals surface area contributed by atoms with Crippen LogP contribution in [0.5, 0.6) is 0 Å². The molecule has 3 aromatic rings. The molecule has 0 bridgehead atoms. The monoisotopic (exact) mass is 275 g/mol. The smallest absolute Gasteiger partial charge is 0.153 e. The van der Waals surface area contributed by atoms with Crippen LogP contribution in [0.1, 0.15) is 28.3 Å². The van der Waals surface area contributed by atoms with Crippen molar-refractivity contribution in [1.29, 1.82) is 0 Å². The zero-order valence-corrected chi connectivity index (χ0v) is 11.9. The quantitative estimate of drug-likeness (QED) is 0.750. The van der Waals surface area contributed by atoms with Crippen LogP contribution in [0.2, 0.25) is 0 Å². The molecule has 0 aliphatic heterocycles. The predicted octanol–water partition coefficient (Wildman–Crippen LogP) is 3.66. The molecule has 0 spiro atoms. The zero-order valence-electron chi connectivity index (χ0n) is 11.9. The molecule has 21 heavy (non-hydrogen) atoms. The summed E-state index contributed by atoms with van der Waals surface area (Å²) >= 11 is 0. The third-order valence-corrected chi connectivity index (χ3v) is 4.44. The van der Waals surface area contributed by atoms with E-state index in [1.807, 2.05) is 12.1 Å². The van der Waals surface area contributed by atoms with Crippen molar-refractivity contribution in [1.82, 2.24) is 10.2 Å². The molecule has 0 fully saturated rings. The van der Waals surface area contributed by atoms with E-state index in [2.05, 4.69) is 53.5 Å². The van der Waals surface area contributed by atoms with Gasteiger partial charge in [0.2, 0.25) is 0 Å². The van der Waals surface area contributed by atoms with Crippen molar-refractivity contribution in [3.05, 3.63) is 70.9 Å². The average molecular weight is 275 g/mol. The van der Waals surface area contributed by atoms with Gasteiger partial charge in [-0.3, -0.25) is 5.10 Å². The second-order valence-corrected chi connectivity index (χ2v) is 5.67. The fourth-order valence-corrected chi connectivity index (χ4v) is 3.28. The van der Waals surface area contributed by atoms with Crippen LogP contribution < -0.4 is 5.73 Å². The highest BCUT2D eigenvalue weighted by Gasteiger charge is 2.31. The average Bonchev–Trinajstić information content (AvgIpc) is 2.83. The first-order valence-corrected chi connectivity index (χ1v) is 7.23. The first kappa shape index (κ1) is 12.2. The number of aromatic amines is 1. The van der Waals surface area contributed by atoms with Crippen LogP contribution in [0, 0.1) is 6.92 Å². The van der Waals surface area contributed by atoms with Gasteiger partial charge in [-0.1, -0.05) is 48.5 Å². The molecule has 1 unspecified atom stereocenters. The summed E-state index contributed by atoms with van der Waals surface area (Å²) in [5.41, 5.74) is 13.5. The molecule has 1 aliphatic carbocycles. The van der Waals surface area contributed by atoms with E-state index in [-0.39, 0.29) is 0 Å². The van der Waals surface area contributed by atoms with Gasteiger partial charge in [-0.2, -0.15) is 5.10 Å². The summed E-state index contributed by atoms with van der Waals surface area (Å²) in [6.07, 6.45) is 1.05. The fraction of sp³-hybridized carbons (Fsp3) is 0.167. The van der Waals surface area contributed by atoms with Crippen molar-refractivity contribution in [3.63, 3.8) is 0 Å². The van der Waals surface area contributed by atoms with E-state index in [1.54, 1.807) is 0 Å². The number of fused-ring (bicyclic) bond motifs is 1. The third-order valence-electron chi connectivity index (χ3n) is 4.44. The Morgan fingerprint density at radius 1 is 1.10 bits per heavy atom. The summed E-state index contributed by atoms with van der Waals surface area (Å²) in [6, 6.07) is 16.9. The molecule has 4 rings (SSSR count). The molecule has 3 N–H and O–H groups in total. The number of aryl methyl sites for hydroxylation is 1. The molecule has 3 heteroatoms. The van der Waals surface area contributed by atoms with Crippen molar-refractivity contribution < 1.29 is 0 Å². The summed E-state index contributed by atoms with van der Waals surface area (Å²) in [5, 5.41) is 7.43. The minimum atomic E-state index is 0.376. The molecule has 0 saturated heterocycles. The lowest BCUT2D eigenvalue weighted by Crippen LogP contribution is -2.19. The van der Waals surface area contributed by atoms with Gasteiger partial charge in [0, 0.05) is 11.5 Å². The number of benzene rings is 2. The normalized spacial score (nSPS) is 16.3. The molecule has 104 valence electrons. The first-order chi connectivity index (χ1) is 10.3. The summed E-state index contributed by atoms with van der Waals surface area (Å²) in [7, 11) is 0. The van der Waals surface area contributed by atoms with Crippen LogP contribution in [-0.2, 0) is 6.42 Å². The molecular weight excluding hydrogens is 258 g/mol. The third kappa shape index (κ3) is 1.77. The Morgan fingerprint density at radius 3 is 2.67 bits per heavy atom. The van der Waals surface area contributed by atoms with Crippen LogP contribution in [-0.4, -0.2) is 10.2 Å². The van der Waals surface area contributed by atoms with Gasteiger partial charge in [0.25, 0.3) is 0 Å². The molecule has 0 amide bonds. The summed E-state index contributed by atoms with van der Waals surface area (Å²) in [5.74, 6) is 0.962. The predicted molar refractivity (Wildman–Crippen MR) is 85.2 cm³/mol. The lowest BCUT2D eigenvalue weighted by atomic mass is 9.74. The number of hydrogen-bond acceptors (Lipinski definition) is 2. The van der Waals surface area contributed by atoms with Gasteiger partial charge in [-0.05, 0) is 35.6 Å². The number of rotatable bonds is 2. The molecule has 1 aromatic heterocycles. The maximum atomic E-state index is 6.14. The molecule has 1 aliphatic rings. The number of hydrogen-bond donors (Lipinski definition) is 2. The number of H-pyrrole nitrogens is 1. The molecule has 3 nitrogen and oxygen atoms in total. The van der Waals surface area contributed by atoms with Crippen molar-refractivity contribution in [2.75, 3.05) is 5.73 Å². The largest absolute Gasteiger partial charge is 0.382 e. The highest BCUT2D eigenvalue weighted by atomic mass is 15.2. The van der Waals surface area contributed by atoms with Gasteiger partial charge < -0.3 is 5.73 Å². The van der Waals surface area contributed by atoms with Gasteiger partial charge >= 0.3 is 0 Å². The maximum absolute atomic E-state index is 6.14. The lowest BCUT2D eigenvalue weighted by molar-refractivity contribution is 0.683. The second-order valence-electron chi connectivity index (χ2n) is 5.67. The van der Waals surface area contributed by atoms with E-state index in [0.717, 1.165) is 17.7 Å². The summed E-state index contributed by atoms with van der Waals surface area (Å²) in [4.78, 5) is 0. The Kier molecular flexibility index (Phi) is 2.61. The fourth-order valence-electron chi connectivity index (χ4n) is 3.28. The number of nitrogens with zero attached hydrogens (tertiary/aromatic N) is 1.